The van der Waals surface area contributed by atoms with Gasteiger partial charge in [-0.25, -0.2) is 0 Å². The van der Waals surface area contributed by atoms with Crippen LogP contribution < -0.4 is 0 Å². The summed E-state index contributed by atoms with van der Waals surface area (Å²) >= 11 is 0. The molecule has 3 aromatic carbocycles. The third kappa shape index (κ3) is 1.69. The van der Waals surface area contributed by atoms with E-state index in [1.54, 1.807) is 0 Å². The lowest BCUT2D eigenvalue weighted by Gasteiger charge is -2.12. The van der Waals surface area contributed by atoms with Crippen LogP contribution >= 0.6 is 0 Å². The number of rotatable bonds is 1. The standard InChI is InChI=1S/C18H18/c1-12(2)16-9-5-8-15-10-17-13(3)6-4-7-14(17)11-18(15)16/h4-12H,1-3H3. The highest BCUT2D eigenvalue weighted by Crippen LogP contribution is 2.30. The average molecular weight is 234 g/mol. The van der Waals surface area contributed by atoms with E-state index in [1.807, 2.05) is 0 Å². The van der Waals surface area contributed by atoms with Crippen LogP contribution in [-0.4, -0.2) is 0 Å². The van der Waals surface area contributed by atoms with Crippen molar-refractivity contribution >= 4 is 21.5 Å². The molecule has 0 saturated carbocycles. The molecule has 18 heavy (non-hydrogen) atoms. The minimum Gasteiger partial charge on any atom is -0.0614 e. The third-order valence-corrected chi connectivity index (χ3v) is 3.75. The summed E-state index contributed by atoms with van der Waals surface area (Å²) in [5.41, 5.74) is 2.79. The lowest BCUT2D eigenvalue weighted by Crippen LogP contribution is -1.89. The smallest absolute Gasteiger partial charge is 0.0143 e. The highest BCUT2D eigenvalue weighted by molar-refractivity contribution is 6.01. The summed E-state index contributed by atoms with van der Waals surface area (Å²) in [6, 6.07) is 17.8. The summed E-state index contributed by atoms with van der Waals surface area (Å²) in [6.07, 6.45) is 0. The zero-order valence-electron chi connectivity index (χ0n) is 11.2. The van der Waals surface area contributed by atoms with Crippen LogP contribution in [-0.2, 0) is 0 Å². The molecule has 0 nitrogen and oxygen atoms in total. The molecule has 3 rings (SSSR count). The Hall–Kier alpha value is -1.82. The zero-order valence-corrected chi connectivity index (χ0v) is 11.2. The molecule has 0 fully saturated rings. The summed E-state index contributed by atoms with van der Waals surface area (Å²) in [6.45, 7) is 6.70. The van der Waals surface area contributed by atoms with Gasteiger partial charge in [0.15, 0.2) is 0 Å². The van der Waals surface area contributed by atoms with Crippen molar-refractivity contribution in [1.82, 2.24) is 0 Å². The maximum absolute atomic E-state index is 2.34. The molecule has 0 aliphatic heterocycles. The molecule has 0 heteroatoms. The van der Waals surface area contributed by atoms with Gasteiger partial charge < -0.3 is 0 Å². The van der Waals surface area contributed by atoms with Crippen molar-refractivity contribution in [2.75, 3.05) is 0 Å². The first kappa shape index (κ1) is 11.3. The molecule has 0 spiro atoms. The third-order valence-electron chi connectivity index (χ3n) is 3.75. The van der Waals surface area contributed by atoms with Gasteiger partial charge in [0.2, 0.25) is 0 Å². The Morgan fingerprint density at radius 2 is 1.39 bits per heavy atom. The summed E-state index contributed by atoms with van der Waals surface area (Å²) < 4.78 is 0. The predicted molar refractivity (Wildman–Crippen MR) is 80.3 cm³/mol. The van der Waals surface area contributed by atoms with Crippen LogP contribution in [0.4, 0.5) is 0 Å². The van der Waals surface area contributed by atoms with Crippen LogP contribution in [0.15, 0.2) is 48.5 Å². The van der Waals surface area contributed by atoms with Gasteiger partial charge in [0.1, 0.15) is 0 Å². The quantitative estimate of drug-likeness (QED) is 0.493. The Kier molecular flexibility index (Phi) is 2.59. The SMILES string of the molecule is Cc1cccc2cc3c(C(C)C)cccc3cc12. The van der Waals surface area contributed by atoms with Gasteiger partial charge >= 0.3 is 0 Å². The molecule has 0 N–H and O–H groups in total. The van der Waals surface area contributed by atoms with Crippen molar-refractivity contribution < 1.29 is 0 Å². The average Bonchev–Trinajstić information content (AvgIpc) is 2.36. The molecule has 0 amide bonds. The van der Waals surface area contributed by atoms with Crippen molar-refractivity contribution in [3.8, 4) is 0 Å². The Morgan fingerprint density at radius 1 is 0.778 bits per heavy atom. The number of hydrogen-bond donors (Lipinski definition) is 0. The van der Waals surface area contributed by atoms with Crippen molar-refractivity contribution in [1.29, 1.82) is 0 Å². The van der Waals surface area contributed by atoms with Gasteiger partial charge in [-0.1, -0.05) is 50.2 Å². The Morgan fingerprint density at radius 3 is 2.11 bits per heavy atom. The van der Waals surface area contributed by atoms with Crippen LogP contribution in [0.25, 0.3) is 21.5 Å². The molecule has 0 radical (unpaired) electrons. The summed E-state index contributed by atoms with van der Waals surface area (Å²) in [5.74, 6) is 0.566. The summed E-state index contributed by atoms with van der Waals surface area (Å²) in [7, 11) is 0. The van der Waals surface area contributed by atoms with E-state index in [-0.39, 0.29) is 0 Å². The van der Waals surface area contributed by atoms with E-state index in [4.69, 9.17) is 0 Å². The van der Waals surface area contributed by atoms with E-state index < -0.39 is 0 Å². The largest absolute Gasteiger partial charge is 0.0614 e. The van der Waals surface area contributed by atoms with Gasteiger partial charge in [-0.3, -0.25) is 0 Å². The van der Waals surface area contributed by atoms with Crippen molar-refractivity contribution in [3.05, 3.63) is 59.7 Å². The molecule has 90 valence electrons. The van der Waals surface area contributed by atoms with E-state index in [0.29, 0.717) is 5.92 Å². The van der Waals surface area contributed by atoms with E-state index in [2.05, 4.69) is 69.3 Å². The van der Waals surface area contributed by atoms with Gasteiger partial charge in [0.05, 0.1) is 0 Å². The van der Waals surface area contributed by atoms with Gasteiger partial charge in [0.25, 0.3) is 0 Å². The molecule has 3 aromatic rings. The topological polar surface area (TPSA) is 0 Å². The molecule has 0 unspecified atom stereocenters. The second-order valence-electron chi connectivity index (χ2n) is 5.37. The number of fused-ring (bicyclic) bond motifs is 2. The minimum absolute atomic E-state index is 0.566. The van der Waals surface area contributed by atoms with Crippen molar-refractivity contribution in [2.24, 2.45) is 0 Å². The normalized spacial score (nSPS) is 11.6. The van der Waals surface area contributed by atoms with Gasteiger partial charge in [-0.05, 0) is 57.6 Å². The molecule has 0 aliphatic rings. The second-order valence-corrected chi connectivity index (χ2v) is 5.37. The van der Waals surface area contributed by atoms with Gasteiger partial charge in [-0.2, -0.15) is 0 Å². The predicted octanol–water partition coefficient (Wildman–Crippen LogP) is 5.42. The number of benzene rings is 3. The van der Waals surface area contributed by atoms with Crippen LogP contribution in [0.3, 0.4) is 0 Å². The Bertz CT molecular complexity index is 721. The molecule has 0 heterocycles. The molecule has 0 saturated heterocycles. The van der Waals surface area contributed by atoms with Crippen LogP contribution in [0, 0.1) is 6.92 Å². The molecule has 0 aromatic heterocycles. The van der Waals surface area contributed by atoms with Crippen molar-refractivity contribution in [3.63, 3.8) is 0 Å². The maximum atomic E-state index is 2.34. The molecule has 0 aliphatic carbocycles. The summed E-state index contributed by atoms with van der Waals surface area (Å²) in [4.78, 5) is 0. The lowest BCUT2D eigenvalue weighted by molar-refractivity contribution is 0.876. The van der Waals surface area contributed by atoms with E-state index in [9.17, 15) is 0 Å². The monoisotopic (exact) mass is 234 g/mol. The highest BCUT2D eigenvalue weighted by atomic mass is 14.1. The molecular weight excluding hydrogens is 216 g/mol. The van der Waals surface area contributed by atoms with E-state index in [0.717, 1.165) is 0 Å². The maximum Gasteiger partial charge on any atom is -0.0143 e. The Balaban J connectivity index is 2.45. The van der Waals surface area contributed by atoms with E-state index in [1.165, 1.54) is 32.7 Å². The minimum atomic E-state index is 0.566. The highest BCUT2D eigenvalue weighted by Gasteiger charge is 2.06. The van der Waals surface area contributed by atoms with E-state index >= 15 is 0 Å². The second kappa shape index (κ2) is 4.13. The first-order valence-corrected chi connectivity index (χ1v) is 6.59. The molecular formula is C18H18. The zero-order chi connectivity index (χ0) is 12.7. The van der Waals surface area contributed by atoms with Crippen LogP contribution in [0.5, 0.6) is 0 Å². The fourth-order valence-corrected chi connectivity index (χ4v) is 2.74. The fraction of sp³-hybridized carbons (Fsp3) is 0.222. The molecule has 0 bridgehead atoms. The van der Waals surface area contributed by atoms with Gasteiger partial charge in [-0.15, -0.1) is 0 Å². The fourth-order valence-electron chi connectivity index (χ4n) is 2.74. The van der Waals surface area contributed by atoms with Crippen LogP contribution in [0.2, 0.25) is 0 Å². The molecule has 0 atom stereocenters. The first-order valence-electron chi connectivity index (χ1n) is 6.59. The number of hydrogen-bond acceptors (Lipinski definition) is 0. The summed E-state index contributed by atoms with van der Waals surface area (Å²) in [5, 5.41) is 5.45. The Labute approximate surface area is 108 Å². The lowest BCUT2D eigenvalue weighted by atomic mass is 9.93. The number of aryl methyl sites for hydroxylation is 1. The van der Waals surface area contributed by atoms with Crippen molar-refractivity contribution in [2.45, 2.75) is 26.7 Å². The first-order chi connectivity index (χ1) is 8.66. The van der Waals surface area contributed by atoms with Crippen LogP contribution in [0.1, 0.15) is 30.9 Å². The van der Waals surface area contributed by atoms with Gasteiger partial charge in [0, 0.05) is 0 Å².